The van der Waals surface area contributed by atoms with E-state index in [-0.39, 0.29) is 5.82 Å². The first-order chi connectivity index (χ1) is 10.8. The van der Waals surface area contributed by atoms with Crippen molar-refractivity contribution < 1.29 is 4.39 Å². The minimum Gasteiger partial charge on any atom is -0.307 e. The first-order valence-corrected chi connectivity index (χ1v) is 8.17. The van der Waals surface area contributed by atoms with E-state index < -0.39 is 0 Å². The van der Waals surface area contributed by atoms with Crippen molar-refractivity contribution in [2.45, 2.75) is 0 Å². The molecule has 4 aromatic rings. The molecule has 4 rings (SSSR count). The van der Waals surface area contributed by atoms with Crippen LogP contribution in [0.15, 0.2) is 48.1 Å². The molecule has 0 spiro atoms. The van der Waals surface area contributed by atoms with Gasteiger partial charge in [0, 0.05) is 23.3 Å². The van der Waals surface area contributed by atoms with Crippen molar-refractivity contribution in [2.24, 2.45) is 0 Å². The lowest BCUT2D eigenvalue weighted by atomic mass is 10.2. The topological polar surface area (TPSA) is 50.7 Å². The monoisotopic (exact) mass is 328 g/mol. The van der Waals surface area contributed by atoms with Gasteiger partial charge in [-0.3, -0.25) is 4.98 Å². The van der Waals surface area contributed by atoms with Gasteiger partial charge in [-0.05, 0) is 24.3 Å². The number of hydrogen-bond acceptors (Lipinski definition) is 6. The van der Waals surface area contributed by atoms with E-state index in [9.17, 15) is 4.39 Å². The van der Waals surface area contributed by atoms with Gasteiger partial charge in [0.15, 0.2) is 10.3 Å². The number of fused-ring (bicyclic) bond motifs is 1. The van der Waals surface area contributed by atoms with Crippen LogP contribution in [-0.4, -0.2) is 15.0 Å². The average molecular weight is 328 g/mol. The van der Waals surface area contributed by atoms with Gasteiger partial charge < -0.3 is 5.32 Å². The van der Waals surface area contributed by atoms with Gasteiger partial charge in [0.25, 0.3) is 0 Å². The Hall–Kier alpha value is -2.38. The molecule has 0 bridgehead atoms. The van der Waals surface area contributed by atoms with Crippen LogP contribution < -0.4 is 5.32 Å². The molecule has 7 heteroatoms. The van der Waals surface area contributed by atoms with E-state index in [1.807, 2.05) is 23.6 Å². The third-order valence-electron chi connectivity index (χ3n) is 3.06. The molecule has 0 aliphatic carbocycles. The Labute approximate surface area is 133 Å². The van der Waals surface area contributed by atoms with E-state index >= 15 is 0 Å². The number of halogens is 1. The molecular formula is C15H9FN4S2. The molecule has 0 radical (unpaired) electrons. The Morgan fingerprint density at radius 1 is 1.00 bits per heavy atom. The first-order valence-electron chi connectivity index (χ1n) is 6.47. The Balaban J connectivity index is 1.63. The highest BCUT2D eigenvalue weighted by molar-refractivity contribution is 7.22. The van der Waals surface area contributed by atoms with Gasteiger partial charge >= 0.3 is 0 Å². The van der Waals surface area contributed by atoms with Gasteiger partial charge in [0.1, 0.15) is 11.3 Å². The predicted molar refractivity (Wildman–Crippen MR) is 88.2 cm³/mol. The highest BCUT2D eigenvalue weighted by atomic mass is 32.1. The van der Waals surface area contributed by atoms with Gasteiger partial charge in [-0.15, -0.1) is 11.3 Å². The second-order valence-corrected chi connectivity index (χ2v) is 6.39. The summed E-state index contributed by atoms with van der Waals surface area (Å²) in [5.74, 6) is -0.307. The number of nitrogens with zero attached hydrogens (tertiary/aromatic N) is 3. The van der Waals surface area contributed by atoms with Gasteiger partial charge in [-0.1, -0.05) is 17.4 Å². The molecule has 0 amide bonds. The maximum absolute atomic E-state index is 13.7. The molecule has 0 atom stereocenters. The number of benzene rings is 1. The molecular weight excluding hydrogens is 319 g/mol. The molecule has 3 heterocycles. The Bertz CT molecular complexity index is 933. The summed E-state index contributed by atoms with van der Waals surface area (Å²) in [4.78, 5) is 12.8. The molecule has 1 N–H and O–H groups in total. The highest BCUT2D eigenvalue weighted by Crippen LogP contribution is 2.32. The van der Waals surface area contributed by atoms with Crippen molar-refractivity contribution in [3.8, 4) is 11.3 Å². The van der Waals surface area contributed by atoms with Gasteiger partial charge in [0.2, 0.25) is 0 Å². The minimum absolute atomic E-state index is 0.307. The Morgan fingerprint density at radius 2 is 1.86 bits per heavy atom. The summed E-state index contributed by atoms with van der Waals surface area (Å²) in [5.41, 5.74) is 2.28. The number of thiazole rings is 2. The summed E-state index contributed by atoms with van der Waals surface area (Å²) in [6.45, 7) is 0. The van der Waals surface area contributed by atoms with E-state index in [4.69, 9.17) is 0 Å². The normalized spacial score (nSPS) is 11.0. The summed E-state index contributed by atoms with van der Waals surface area (Å²) in [6, 6.07) is 8.77. The fourth-order valence-electron chi connectivity index (χ4n) is 2.05. The second kappa shape index (κ2) is 5.43. The van der Waals surface area contributed by atoms with Crippen LogP contribution in [0.2, 0.25) is 0 Å². The number of pyridine rings is 1. The van der Waals surface area contributed by atoms with Gasteiger partial charge in [-0.2, -0.15) is 0 Å². The van der Waals surface area contributed by atoms with Crippen molar-refractivity contribution in [1.82, 2.24) is 15.0 Å². The number of anilines is 2. The number of rotatable bonds is 3. The fourth-order valence-corrected chi connectivity index (χ4v) is 3.71. The van der Waals surface area contributed by atoms with Crippen LogP contribution in [0.25, 0.3) is 21.5 Å². The summed E-state index contributed by atoms with van der Waals surface area (Å²) in [5, 5.41) is 6.47. The van der Waals surface area contributed by atoms with Gasteiger partial charge in [-0.25, -0.2) is 14.4 Å². The molecule has 0 fully saturated rings. The SMILES string of the molecule is Fc1cccc2sc(Nc3nc(-c4ccncc4)cs3)nc12. The van der Waals surface area contributed by atoms with E-state index in [2.05, 4.69) is 20.3 Å². The van der Waals surface area contributed by atoms with Crippen molar-refractivity contribution in [1.29, 1.82) is 0 Å². The first kappa shape index (κ1) is 13.3. The summed E-state index contributed by atoms with van der Waals surface area (Å²) in [6.07, 6.45) is 3.47. The van der Waals surface area contributed by atoms with E-state index in [0.717, 1.165) is 21.1 Å². The predicted octanol–water partition coefficient (Wildman–Crippen LogP) is 4.70. The van der Waals surface area contributed by atoms with Crippen LogP contribution in [0, 0.1) is 5.82 Å². The highest BCUT2D eigenvalue weighted by Gasteiger charge is 2.10. The maximum atomic E-state index is 13.7. The molecule has 4 nitrogen and oxygen atoms in total. The van der Waals surface area contributed by atoms with Crippen LogP contribution in [0.1, 0.15) is 0 Å². The third-order valence-corrected chi connectivity index (χ3v) is 4.76. The molecule has 0 aliphatic rings. The zero-order chi connectivity index (χ0) is 14.9. The zero-order valence-electron chi connectivity index (χ0n) is 11.2. The van der Waals surface area contributed by atoms with Gasteiger partial charge in [0.05, 0.1) is 10.4 Å². The molecule has 3 aromatic heterocycles. The minimum atomic E-state index is -0.307. The van der Waals surface area contributed by atoms with Crippen LogP contribution in [0.4, 0.5) is 14.7 Å². The van der Waals surface area contributed by atoms with E-state index in [1.165, 1.54) is 28.7 Å². The standard InChI is InChI=1S/C15H9FN4S2/c16-10-2-1-3-12-13(10)19-15(22-12)20-14-18-11(8-21-14)9-4-6-17-7-5-9/h1-8H,(H,18,19,20). The quantitative estimate of drug-likeness (QED) is 0.592. The fraction of sp³-hybridized carbons (Fsp3) is 0. The Morgan fingerprint density at radius 3 is 2.68 bits per heavy atom. The van der Waals surface area contributed by atoms with Crippen molar-refractivity contribution in [3.63, 3.8) is 0 Å². The van der Waals surface area contributed by atoms with E-state index in [0.29, 0.717) is 10.6 Å². The molecule has 108 valence electrons. The van der Waals surface area contributed by atoms with E-state index in [1.54, 1.807) is 18.5 Å². The van der Waals surface area contributed by atoms with Crippen molar-refractivity contribution in [3.05, 3.63) is 53.9 Å². The Kier molecular flexibility index (Phi) is 3.28. The third kappa shape index (κ3) is 2.44. The van der Waals surface area contributed by atoms with Crippen LogP contribution in [-0.2, 0) is 0 Å². The molecule has 0 saturated heterocycles. The van der Waals surface area contributed by atoms with Crippen molar-refractivity contribution in [2.75, 3.05) is 5.32 Å². The summed E-state index contributed by atoms with van der Waals surface area (Å²) < 4.78 is 14.5. The second-order valence-electron chi connectivity index (χ2n) is 4.50. The number of para-hydroxylation sites is 1. The van der Waals surface area contributed by atoms with Crippen LogP contribution >= 0.6 is 22.7 Å². The average Bonchev–Trinajstić information content (AvgIpc) is 3.16. The smallest absolute Gasteiger partial charge is 0.190 e. The number of aromatic nitrogens is 3. The van der Waals surface area contributed by atoms with Crippen LogP contribution in [0.5, 0.6) is 0 Å². The lowest BCUT2D eigenvalue weighted by Crippen LogP contribution is -1.88. The molecule has 1 aromatic carbocycles. The lowest BCUT2D eigenvalue weighted by molar-refractivity contribution is 0.637. The number of hydrogen-bond donors (Lipinski definition) is 1. The molecule has 0 unspecified atom stereocenters. The summed E-state index contributed by atoms with van der Waals surface area (Å²) in [7, 11) is 0. The molecule has 22 heavy (non-hydrogen) atoms. The maximum Gasteiger partial charge on any atom is 0.190 e. The zero-order valence-corrected chi connectivity index (χ0v) is 12.8. The van der Waals surface area contributed by atoms with Crippen molar-refractivity contribution >= 4 is 43.2 Å². The number of nitrogens with one attached hydrogen (secondary N) is 1. The van der Waals surface area contributed by atoms with Crippen LogP contribution in [0.3, 0.4) is 0 Å². The molecule has 0 saturated carbocycles. The summed E-state index contributed by atoms with van der Waals surface area (Å²) >= 11 is 2.89. The lowest BCUT2D eigenvalue weighted by Gasteiger charge is -1.96. The largest absolute Gasteiger partial charge is 0.307 e. The molecule has 0 aliphatic heterocycles.